The van der Waals surface area contributed by atoms with Gasteiger partial charge in [0, 0.05) is 18.0 Å². The molecule has 1 aromatic carbocycles. The lowest BCUT2D eigenvalue weighted by atomic mass is 9.85. The number of fused-ring (bicyclic) bond motifs is 2. The summed E-state index contributed by atoms with van der Waals surface area (Å²) in [4.78, 5) is 12.8. The van der Waals surface area contributed by atoms with E-state index in [4.69, 9.17) is 4.74 Å². The van der Waals surface area contributed by atoms with E-state index in [1.165, 1.54) is 12.8 Å². The zero-order chi connectivity index (χ0) is 14.1. The summed E-state index contributed by atoms with van der Waals surface area (Å²) in [6.07, 6.45) is 4.49. The van der Waals surface area contributed by atoms with Crippen LogP contribution in [0.4, 0.5) is 0 Å². The number of hydrogen-bond donors (Lipinski definition) is 1. The normalized spacial score (nSPS) is 28.6. The second-order valence-electron chi connectivity index (χ2n) is 6.33. The first-order valence-electron chi connectivity index (χ1n) is 7.69. The Labute approximate surface area is 120 Å². The standard InChI is InChI=1S/C17H23NO2/c1-11(2)20-16-6-4-3-5-15(16)17(19)12-9-13-7-8-14(10-12)18-13/h3-6,11-14,18H,7-10H2,1-2H3. The molecule has 2 unspecified atom stereocenters. The largest absolute Gasteiger partial charge is 0.490 e. The van der Waals surface area contributed by atoms with Crippen LogP contribution in [0.1, 0.15) is 49.9 Å². The molecule has 2 heterocycles. The molecule has 1 N–H and O–H groups in total. The van der Waals surface area contributed by atoms with Gasteiger partial charge in [0.1, 0.15) is 5.75 Å². The topological polar surface area (TPSA) is 38.3 Å². The number of nitrogens with one attached hydrogen (secondary N) is 1. The molecule has 2 aliphatic rings. The van der Waals surface area contributed by atoms with Crippen molar-refractivity contribution in [1.82, 2.24) is 5.32 Å². The predicted molar refractivity (Wildman–Crippen MR) is 79.2 cm³/mol. The monoisotopic (exact) mass is 273 g/mol. The first-order valence-corrected chi connectivity index (χ1v) is 7.69. The van der Waals surface area contributed by atoms with Gasteiger partial charge in [-0.2, -0.15) is 0 Å². The van der Waals surface area contributed by atoms with E-state index in [1.807, 2.05) is 38.1 Å². The van der Waals surface area contributed by atoms with Crippen molar-refractivity contribution in [2.45, 2.75) is 57.7 Å². The van der Waals surface area contributed by atoms with Gasteiger partial charge in [0.15, 0.2) is 5.78 Å². The summed E-state index contributed by atoms with van der Waals surface area (Å²) < 4.78 is 5.79. The Hall–Kier alpha value is -1.35. The maximum Gasteiger partial charge on any atom is 0.169 e. The minimum atomic E-state index is 0.0909. The molecule has 2 aliphatic heterocycles. The van der Waals surface area contributed by atoms with Crippen LogP contribution in [-0.4, -0.2) is 24.0 Å². The van der Waals surface area contributed by atoms with Gasteiger partial charge in [0.2, 0.25) is 0 Å². The lowest BCUT2D eigenvalue weighted by Gasteiger charge is -2.28. The maximum absolute atomic E-state index is 12.8. The number of para-hydroxylation sites is 1. The smallest absolute Gasteiger partial charge is 0.169 e. The predicted octanol–water partition coefficient (Wildman–Crippen LogP) is 3.19. The molecule has 2 bridgehead atoms. The number of rotatable bonds is 4. The fraction of sp³-hybridized carbons (Fsp3) is 0.588. The van der Waals surface area contributed by atoms with E-state index in [-0.39, 0.29) is 17.8 Å². The molecule has 2 atom stereocenters. The number of piperidine rings is 1. The second kappa shape index (κ2) is 5.57. The molecule has 3 heteroatoms. The van der Waals surface area contributed by atoms with Crippen LogP contribution in [0.25, 0.3) is 0 Å². The summed E-state index contributed by atoms with van der Waals surface area (Å²) in [5.41, 5.74) is 0.757. The Morgan fingerprint density at radius 1 is 1.20 bits per heavy atom. The average molecular weight is 273 g/mol. The van der Waals surface area contributed by atoms with E-state index in [0.717, 1.165) is 24.2 Å². The van der Waals surface area contributed by atoms with E-state index in [9.17, 15) is 4.79 Å². The van der Waals surface area contributed by atoms with E-state index in [0.29, 0.717) is 12.1 Å². The maximum atomic E-state index is 12.8. The molecule has 3 nitrogen and oxygen atoms in total. The SMILES string of the molecule is CC(C)Oc1ccccc1C(=O)C1CC2CCC(C1)N2. The van der Waals surface area contributed by atoms with Crippen LogP contribution in [0.15, 0.2) is 24.3 Å². The molecule has 0 aromatic heterocycles. The third-order valence-electron chi connectivity index (χ3n) is 4.36. The molecule has 0 aliphatic carbocycles. The second-order valence-corrected chi connectivity index (χ2v) is 6.33. The van der Waals surface area contributed by atoms with Gasteiger partial charge in [-0.05, 0) is 51.7 Å². The zero-order valence-electron chi connectivity index (χ0n) is 12.3. The van der Waals surface area contributed by atoms with Gasteiger partial charge in [-0.1, -0.05) is 12.1 Å². The molecule has 2 saturated heterocycles. The van der Waals surface area contributed by atoms with Gasteiger partial charge in [0.25, 0.3) is 0 Å². The molecular weight excluding hydrogens is 250 g/mol. The Morgan fingerprint density at radius 3 is 2.50 bits per heavy atom. The summed E-state index contributed by atoms with van der Waals surface area (Å²) in [5.74, 6) is 1.16. The fourth-order valence-corrected chi connectivity index (χ4v) is 3.52. The molecular formula is C17H23NO2. The number of hydrogen-bond acceptors (Lipinski definition) is 3. The Kier molecular flexibility index (Phi) is 3.79. The molecule has 0 radical (unpaired) electrons. The van der Waals surface area contributed by atoms with Gasteiger partial charge >= 0.3 is 0 Å². The fourth-order valence-electron chi connectivity index (χ4n) is 3.52. The number of ether oxygens (including phenoxy) is 1. The molecule has 1 aromatic rings. The molecule has 0 amide bonds. The van der Waals surface area contributed by atoms with Crippen LogP contribution in [0.3, 0.4) is 0 Å². The summed E-state index contributed by atoms with van der Waals surface area (Å²) in [7, 11) is 0. The Morgan fingerprint density at radius 2 is 1.85 bits per heavy atom. The van der Waals surface area contributed by atoms with Crippen molar-refractivity contribution in [2.24, 2.45) is 5.92 Å². The highest BCUT2D eigenvalue weighted by Crippen LogP contribution is 2.34. The number of carbonyl (C=O) groups excluding carboxylic acids is 1. The van der Waals surface area contributed by atoms with E-state index < -0.39 is 0 Å². The van der Waals surface area contributed by atoms with Crippen LogP contribution in [0.5, 0.6) is 5.75 Å². The van der Waals surface area contributed by atoms with Crippen molar-refractivity contribution in [1.29, 1.82) is 0 Å². The first kappa shape index (κ1) is 13.6. The van der Waals surface area contributed by atoms with E-state index in [2.05, 4.69) is 5.32 Å². The van der Waals surface area contributed by atoms with Gasteiger partial charge < -0.3 is 10.1 Å². The van der Waals surface area contributed by atoms with Crippen molar-refractivity contribution in [3.05, 3.63) is 29.8 Å². The van der Waals surface area contributed by atoms with E-state index in [1.54, 1.807) is 0 Å². The summed E-state index contributed by atoms with van der Waals surface area (Å²) >= 11 is 0. The number of Topliss-reactive ketones (excluding diaryl/α,β-unsaturated/α-hetero) is 1. The van der Waals surface area contributed by atoms with E-state index >= 15 is 0 Å². The summed E-state index contributed by atoms with van der Waals surface area (Å²) in [6.45, 7) is 3.98. The molecule has 108 valence electrons. The van der Waals surface area contributed by atoms with Gasteiger partial charge in [-0.3, -0.25) is 4.79 Å². The molecule has 0 spiro atoms. The molecule has 2 fully saturated rings. The lowest BCUT2D eigenvalue weighted by Crippen LogP contribution is -2.40. The van der Waals surface area contributed by atoms with Crippen molar-refractivity contribution < 1.29 is 9.53 Å². The summed E-state index contributed by atoms with van der Waals surface area (Å²) in [5, 5.41) is 3.59. The highest BCUT2D eigenvalue weighted by atomic mass is 16.5. The number of benzene rings is 1. The summed E-state index contributed by atoms with van der Waals surface area (Å²) in [6, 6.07) is 8.76. The quantitative estimate of drug-likeness (QED) is 0.856. The van der Waals surface area contributed by atoms with Gasteiger partial charge in [0.05, 0.1) is 11.7 Å². The first-order chi connectivity index (χ1) is 9.63. The van der Waals surface area contributed by atoms with Crippen molar-refractivity contribution >= 4 is 5.78 Å². The third kappa shape index (κ3) is 2.73. The highest BCUT2D eigenvalue weighted by molar-refractivity contribution is 6.00. The number of ketones is 1. The Bertz CT molecular complexity index is 486. The van der Waals surface area contributed by atoms with Crippen LogP contribution < -0.4 is 10.1 Å². The van der Waals surface area contributed by atoms with Crippen molar-refractivity contribution in [3.8, 4) is 5.75 Å². The Balaban J connectivity index is 1.80. The number of carbonyl (C=O) groups is 1. The molecule has 0 saturated carbocycles. The van der Waals surface area contributed by atoms with Crippen molar-refractivity contribution in [2.75, 3.05) is 0 Å². The lowest BCUT2D eigenvalue weighted by molar-refractivity contribution is 0.0869. The van der Waals surface area contributed by atoms with Crippen LogP contribution >= 0.6 is 0 Å². The minimum absolute atomic E-state index is 0.0909. The zero-order valence-corrected chi connectivity index (χ0v) is 12.3. The molecule has 3 rings (SSSR count). The van der Waals surface area contributed by atoms with Gasteiger partial charge in [-0.15, -0.1) is 0 Å². The minimum Gasteiger partial charge on any atom is -0.490 e. The van der Waals surface area contributed by atoms with Crippen molar-refractivity contribution in [3.63, 3.8) is 0 Å². The third-order valence-corrected chi connectivity index (χ3v) is 4.36. The van der Waals surface area contributed by atoms with Crippen LogP contribution in [0.2, 0.25) is 0 Å². The molecule has 20 heavy (non-hydrogen) atoms. The average Bonchev–Trinajstić information content (AvgIpc) is 2.76. The van der Waals surface area contributed by atoms with Crippen LogP contribution in [0, 0.1) is 5.92 Å². The highest BCUT2D eigenvalue weighted by Gasteiger charge is 2.37. The van der Waals surface area contributed by atoms with Crippen LogP contribution in [-0.2, 0) is 0 Å². The van der Waals surface area contributed by atoms with Gasteiger partial charge in [-0.25, -0.2) is 0 Å².